The van der Waals surface area contributed by atoms with Crippen LogP contribution in [0.4, 0.5) is 0 Å². The van der Waals surface area contributed by atoms with Gasteiger partial charge in [-0.15, -0.1) is 0 Å². The van der Waals surface area contributed by atoms with E-state index in [9.17, 15) is 0 Å². The van der Waals surface area contributed by atoms with Gasteiger partial charge in [0, 0.05) is 18.8 Å². The maximum absolute atomic E-state index is 5.80. The molecule has 1 saturated heterocycles. The molecule has 19 heavy (non-hydrogen) atoms. The maximum atomic E-state index is 5.80. The Morgan fingerprint density at radius 3 is 2.95 bits per heavy atom. The van der Waals surface area contributed by atoms with Crippen LogP contribution in [-0.2, 0) is 11.2 Å². The zero-order valence-electron chi connectivity index (χ0n) is 12.1. The minimum absolute atomic E-state index is 0.375. The van der Waals surface area contributed by atoms with Crippen LogP contribution >= 0.6 is 0 Å². The zero-order valence-corrected chi connectivity index (χ0v) is 12.1. The van der Waals surface area contributed by atoms with Crippen LogP contribution in [0.1, 0.15) is 50.3 Å². The Morgan fingerprint density at radius 1 is 1.37 bits per heavy atom. The van der Waals surface area contributed by atoms with E-state index in [1.807, 2.05) is 6.20 Å². The molecule has 4 nitrogen and oxygen atoms in total. The third-order valence-corrected chi connectivity index (χ3v) is 4.46. The molecule has 1 N–H and O–H groups in total. The van der Waals surface area contributed by atoms with Crippen molar-refractivity contribution in [3.63, 3.8) is 0 Å². The Hall–Kier alpha value is -0.870. The van der Waals surface area contributed by atoms with Crippen molar-refractivity contribution < 1.29 is 4.74 Å². The predicted molar refractivity (Wildman–Crippen MR) is 75.3 cm³/mol. The van der Waals surface area contributed by atoms with E-state index in [-0.39, 0.29) is 0 Å². The second-order valence-corrected chi connectivity index (χ2v) is 6.20. The van der Waals surface area contributed by atoms with Crippen LogP contribution in [0.3, 0.4) is 0 Å². The van der Waals surface area contributed by atoms with Crippen molar-refractivity contribution in [3.05, 3.63) is 17.5 Å². The monoisotopic (exact) mass is 263 g/mol. The number of hydrogen-bond donors (Lipinski definition) is 1. The van der Waals surface area contributed by atoms with Gasteiger partial charge in [0.05, 0.1) is 18.4 Å². The minimum atomic E-state index is 0.375. The SMILES string of the molecule is CC1CN(CCC2CCCc3[nH]ncc32)CC(C)O1. The lowest BCUT2D eigenvalue weighted by molar-refractivity contribution is -0.0685. The molecule has 4 heteroatoms. The lowest BCUT2D eigenvalue weighted by atomic mass is 9.85. The van der Waals surface area contributed by atoms with Gasteiger partial charge in [0.25, 0.3) is 0 Å². The topological polar surface area (TPSA) is 41.2 Å². The maximum Gasteiger partial charge on any atom is 0.0678 e. The molecule has 2 aliphatic rings. The van der Waals surface area contributed by atoms with Gasteiger partial charge in [-0.2, -0.15) is 5.10 Å². The van der Waals surface area contributed by atoms with E-state index in [0.29, 0.717) is 18.1 Å². The number of morpholine rings is 1. The van der Waals surface area contributed by atoms with Crippen LogP contribution in [0.2, 0.25) is 0 Å². The summed E-state index contributed by atoms with van der Waals surface area (Å²) in [5.41, 5.74) is 2.85. The molecule has 1 aliphatic heterocycles. The van der Waals surface area contributed by atoms with Crippen LogP contribution in [0.15, 0.2) is 6.20 Å². The minimum Gasteiger partial charge on any atom is -0.373 e. The van der Waals surface area contributed by atoms with E-state index in [1.54, 1.807) is 0 Å². The molecule has 106 valence electrons. The zero-order chi connectivity index (χ0) is 13.2. The van der Waals surface area contributed by atoms with Crippen molar-refractivity contribution in [2.75, 3.05) is 19.6 Å². The number of aryl methyl sites for hydroxylation is 1. The quantitative estimate of drug-likeness (QED) is 0.910. The summed E-state index contributed by atoms with van der Waals surface area (Å²) < 4.78 is 5.80. The smallest absolute Gasteiger partial charge is 0.0678 e. The normalized spacial score (nSPS) is 32.2. The highest BCUT2D eigenvalue weighted by molar-refractivity contribution is 5.24. The first-order valence-electron chi connectivity index (χ1n) is 7.62. The molecule has 3 unspecified atom stereocenters. The summed E-state index contributed by atoms with van der Waals surface area (Å²) in [6.07, 6.45) is 7.85. The van der Waals surface area contributed by atoms with Crippen LogP contribution in [0, 0.1) is 0 Å². The number of aromatic nitrogens is 2. The number of nitrogens with zero attached hydrogens (tertiary/aromatic N) is 2. The number of hydrogen-bond acceptors (Lipinski definition) is 3. The summed E-state index contributed by atoms with van der Waals surface area (Å²) >= 11 is 0. The number of ether oxygens (including phenoxy) is 1. The molecular weight excluding hydrogens is 238 g/mol. The fraction of sp³-hybridized carbons (Fsp3) is 0.800. The molecule has 1 aliphatic carbocycles. The Kier molecular flexibility index (Phi) is 3.89. The Balaban J connectivity index is 1.56. The van der Waals surface area contributed by atoms with Crippen LogP contribution in [0.25, 0.3) is 0 Å². The molecule has 0 radical (unpaired) electrons. The fourth-order valence-corrected chi connectivity index (χ4v) is 3.66. The fourth-order valence-electron chi connectivity index (χ4n) is 3.66. The Labute approximate surface area is 115 Å². The lowest BCUT2D eigenvalue weighted by Crippen LogP contribution is -2.45. The molecule has 1 aromatic heterocycles. The molecule has 0 bridgehead atoms. The van der Waals surface area contributed by atoms with Crippen LogP contribution in [-0.4, -0.2) is 46.9 Å². The molecule has 0 spiro atoms. The van der Waals surface area contributed by atoms with Crippen molar-refractivity contribution in [3.8, 4) is 0 Å². The van der Waals surface area contributed by atoms with Crippen molar-refractivity contribution in [2.45, 2.75) is 57.7 Å². The number of H-pyrrole nitrogens is 1. The molecule has 0 saturated carbocycles. The highest BCUT2D eigenvalue weighted by Crippen LogP contribution is 2.32. The van der Waals surface area contributed by atoms with Gasteiger partial charge >= 0.3 is 0 Å². The number of nitrogens with one attached hydrogen (secondary N) is 1. The van der Waals surface area contributed by atoms with E-state index in [1.165, 1.54) is 43.5 Å². The predicted octanol–water partition coefficient (Wildman–Crippen LogP) is 2.33. The van der Waals surface area contributed by atoms with Gasteiger partial charge < -0.3 is 4.74 Å². The van der Waals surface area contributed by atoms with Crippen LogP contribution < -0.4 is 0 Å². The highest BCUT2D eigenvalue weighted by atomic mass is 16.5. The first kappa shape index (κ1) is 13.1. The second-order valence-electron chi connectivity index (χ2n) is 6.20. The van der Waals surface area contributed by atoms with Crippen LogP contribution in [0.5, 0.6) is 0 Å². The number of rotatable bonds is 3. The van der Waals surface area contributed by atoms with Gasteiger partial charge in [0.1, 0.15) is 0 Å². The summed E-state index contributed by atoms with van der Waals surface area (Å²) in [6, 6.07) is 0. The Morgan fingerprint density at radius 2 is 2.16 bits per heavy atom. The number of fused-ring (bicyclic) bond motifs is 1. The summed E-state index contributed by atoms with van der Waals surface area (Å²) in [4.78, 5) is 2.56. The highest BCUT2D eigenvalue weighted by Gasteiger charge is 2.25. The summed E-state index contributed by atoms with van der Waals surface area (Å²) in [5, 5.41) is 7.37. The third kappa shape index (κ3) is 3.00. The third-order valence-electron chi connectivity index (χ3n) is 4.46. The van der Waals surface area contributed by atoms with Gasteiger partial charge in [0.2, 0.25) is 0 Å². The van der Waals surface area contributed by atoms with Crippen molar-refractivity contribution in [1.29, 1.82) is 0 Å². The average molecular weight is 263 g/mol. The lowest BCUT2D eigenvalue weighted by Gasteiger charge is -2.36. The van der Waals surface area contributed by atoms with Crippen molar-refractivity contribution in [1.82, 2.24) is 15.1 Å². The molecule has 1 aromatic rings. The van der Waals surface area contributed by atoms with E-state index >= 15 is 0 Å². The standard InChI is InChI=1S/C15H25N3O/c1-11-9-18(10-12(2)19-11)7-6-13-4-3-5-15-14(13)8-16-17-15/h8,11-13H,3-7,9-10H2,1-2H3,(H,16,17). The van der Waals surface area contributed by atoms with Gasteiger partial charge in [-0.05, 0) is 57.6 Å². The molecule has 3 rings (SSSR count). The molecule has 0 amide bonds. The van der Waals surface area contributed by atoms with E-state index in [0.717, 1.165) is 13.1 Å². The average Bonchev–Trinajstić information content (AvgIpc) is 2.83. The first-order chi connectivity index (χ1) is 9.22. The van der Waals surface area contributed by atoms with Gasteiger partial charge in [0.15, 0.2) is 0 Å². The summed E-state index contributed by atoms with van der Waals surface area (Å²) in [7, 11) is 0. The first-order valence-corrected chi connectivity index (χ1v) is 7.62. The van der Waals surface area contributed by atoms with Gasteiger partial charge in [-0.3, -0.25) is 10.00 Å². The molecular formula is C15H25N3O. The van der Waals surface area contributed by atoms with E-state index in [4.69, 9.17) is 4.74 Å². The summed E-state index contributed by atoms with van der Waals surface area (Å²) in [5.74, 6) is 0.705. The molecule has 3 atom stereocenters. The molecule has 1 fully saturated rings. The second kappa shape index (κ2) is 5.63. The molecule has 2 heterocycles. The van der Waals surface area contributed by atoms with Gasteiger partial charge in [-0.25, -0.2) is 0 Å². The van der Waals surface area contributed by atoms with Crippen molar-refractivity contribution >= 4 is 0 Å². The van der Waals surface area contributed by atoms with E-state index < -0.39 is 0 Å². The van der Waals surface area contributed by atoms with Gasteiger partial charge in [-0.1, -0.05) is 0 Å². The largest absolute Gasteiger partial charge is 0.373 e. The van der Waals surface area contributed by atoms with Crippen molar-refractivity contribution in [2.24, 2.45) is 0 Å². The van der Waals surface area contributed by atoms with E-state index in [2.05, 4.69) is 28.9 Å². The molecule has 0 aromatic carbocycles. The summed E-state index contributed by atoms with van der Waals surface area (Å²) in [6.45, 7) is 7.70. The number of aromatic amines is 1. The Bertz CT molecular complexity index is 407.